The van der Waals surface area contributed by atoms with E-state index in [1.165, 1.54) is 0 Å². The second-order valence-corrected chi connectivity index (χ2v) is 5.35. The molecule has 2 aromatic carbocycles. The summed E-state index contributed by atoms with van der Waals surface area (Å²) in [6.45, 7) is 0.599. The van der Waals surface area contributed by atoms with Crippen molar-refractivity contribution in [3.8, 4) is 6.07 Å². The first-order valence-corrected chi connectivity index (χ1v) is 7.38. The third-order valence-electron chi connectivity index (χ3n) is 3.50. The molecular formula is C18H14ClN3. The molecule has 4 heteroatoms. The predicted octanol–water partition coefficient (Wildman–Crippen LogP) is 4.24. The Morgan fingerprint density at radius 3 is 2.59 bits per heavy atom. The SMILES string of the molecule is N#CC(NCc1ccccc1)c1cc2ccccc2nc1Cl. The Morgan fingerprint density at radius 1 is 1.09 bits per heavy atom. The van der Waals surface area contributed by atoms with Gasteiger partial charge in [-0.2, -0.15) is 5.26 Å². The van der Waals surface area contributed by atoms with Gasteiger partial charge in [-0.25, -0.2) is 4.98 Å². The van der Waals surface area contributed by atoms with E-state index in [0.29, 0.717) is 17.3 Å². The van der Waals surface area contributed by atoms with Gasteiger partial charge in [0.15, 0.2) is 0 Å². The molecule has 3 nitrogen and oxygen atoms in total. The van der Waals surface area contributed by atoms with Crippen molar-refractivity contribution in [1.82, 2.24) is 10.3 Å². The molecule has 0 spiro atoms. The van der Waals surface area contributed by atoms with Crippen molar-refractivity contribution < 1.29 is 0 Å². The van der Waals surface area contributed by atoms with Crippen LogP contribution >= 0.6 is 11.6 Å². The van der Waals surface area contributed by atoms with Crippen molar-refractivity contribution in [2.24, 2.45) is 0 Å². The lowest BCUT2D eigenvalue weighted by molar-refractivity contribution is 0.629. The second kappa shape index (κ2) is 6.57. The Kier molecular flexibility index (Phi) is 4.34. The number of benzene rings is 2. The predicted molar refractivity (Wildman–Crippen MR) is 88.4 cm³/mol. The van der Waals surface area contributed by atoms with Crippen LogP contribution in [0.2, 0.25) is 5.15 Å². The molecule has 0 fully saturated rings. The van der Waals surface area contributed by atoms with Gasteiger partial charge in [-0.05, 0) is 17.7 Å². The normalized spacial score (nSPS) is 12.0. The van der Waals surface area contributed by atoms with E-state index in [0.717, 1.165) is 16.5 Å². The molecule has 0 aliphatic heterocycles. The fourth-order valence-electron chi connectivity index (χ4n) is 2.35. The van der Waals surface area contributed by atoms with Gasteiger partial charge in [-0.3, -0.25) is 5.32 Å². The molecule has 1 N–H and O–H groups in total. The van der Waals surface area contributed by atoms with Crippen LogP contribution in [-0.4, -0.2) is 4.98 Å². The molecule has 1 unspecified atom stereocenters. The van der Waals surface area contributed by atoms with Gasteiger partial charge < -0.3 is 0 Å². The summed E-state index contributed by atoms with van der Waals surface area (Å²) in [6, 6.07) is 21.4. The molecule has 108 valence electrons. The molecule has 0 aliphatic carbocycles. The molecule has 0 saturated carbocycles. The number of rotatable bonds is 4. The van der Waals surface area contributed by atoms with Gasteiger partial charge in [0.2, 0.25) is 0 Å². The summed E-state index contributed by atoms with van der Waals surface area (Å²) in [7, 11) is 0. The molecule has 0 radical (unpaired) electrons. The lowest BCUT2D eigenvalue weighted by atomic mass is 10.1. The Morgan fingerprint density at radius 2 is 1.82 bits per heavy atom. The van der Waals surface area contributed by atoms with E-state index in [1.54, 1.807) is 0 Å². The molecule has 1 aromatic heterocycles. The zero-order valence-electron chi connectivity index (χ0n) is 11.8. The molecule has 1 heterocycles. The maximum atomic E-state index is 9.46. The highest BCUT2D eigenvalue weighted by Crippen LogP contribution is 2.25. The van der Waals surface area contributed by atoms with E-state index in [4.69, 9.17) is 11.6 Å². The summed E-state index contributed by atoms with van der Waals surface area (Å²) in [6.07, 6.45) is 0. The molecule has 0 amide bonds. The summed E-state index contributed by atoms with van der Waals surface area (Å²) in [5.41, 5.74) is 2.66. The molecule has 22 heavy (non-hydrogen) atoms. The van der Waals surface area contributed by atoms with Gasteiger partial charge in [0, 0.05) is 17.5 Å². The largest absolute Gasteiger partial charge is 0.294 e. The van der Waals surface area contributed by atoms with Gasteiger partial charge in [-0.15, -0.1) is 0 Å². The van der Waals surface area contributed by atoms with Crippen LogP contribution in [0.25, 0.3) is 10.9 Å². The minimum absolute atomic E-state index is 0.366. The average Bonchev–Trinajstić information content (AvgIpc) is 2.56. The van der Waals surface area contributed by atoms with Gasteiger partial charge in [-0.1, -0.05) is 60.1 Å². The monoisotopic (exact) mass is 307 g/mol. The van der Waals surface area contributed by atoms with Crippen molar-refractivity contribution in [2.45, 2.75) is 12.6 Å². The van der Waals surface area contributed by atoms with Crippen molar-refractivity contribution in [3.63, 3.8) is 0 Å². The summed E-state index contributed by atoms with van der Waals surface area (Å²) in [5, 5.41) is 14.0. The first-order chi connectivity index (χ1) is 10.8. The number of nitrogens with one attached hydrogen (secondary N) is 1. The maximum absolute atomic E-state index is 9.46. The van der Waals surface area contributed by atoms with E-state index in [-0.39, 0.29) is 0 Å². The maximum Gasteiger partial charge on any atom is 0.135 e. The molecule has 3 aromatic rings. The number of fused-ring (bicyclic) bond motifs is 1. The smallest absolute Gasteiger partial charge is 0.135 e. The third kappa shape index (κ3) is 3.09. The summed E-state index contributed by atoms with van der Waals surface area (Å²) < 4.78 is 0. The number of hydrogen-bond acceptors (Lipinski definition) is 3. The summed E-state index contributed by atoms with van der Waals surface area (Å²) in [4.78, 5) is 4.37. The van der Waals surface area contributed by atoms with Crippen LogP contribution in [-0.2, 0) is 6.54 Å². The summed E-state index contributed by atoms with van der Waals surface area (Å²) in [5.74, 6) is 0. The zero-order chi connectivity index (χ0) is 15.4. The van der Waals surface area contributed by atoms with Crippen LogP contribution in [0.3, 0.4) is 0 Å². The molecule has 3 rings (SSSR count). The molecular weight excluding hydrogens is 294 g/mol. The number of aromatic nitrogens is 1. The van der Waals surface area contributed by atoms with Crippen molar-refractivity contribution in [1.29, 1.82) is 5.26 Å². The Labute approximate surface area is 134 Å². The van der Waals surface area contributed by atoms with Gasteiger partial charge in [0.1, 0.15) is 11.2 Å². The van der Waals surface area contributed by atoms with E-state index in [2.05, 4.69) is 16.4 Å². The number of pyridine rings is 1. The van der Waals surface area contributed by atoms with Gasteiger partial charge in [0.25, 0.3) is 0 Å². The van der Waals surface area contributed by atoms with Crippen LogP contribution in [0.1, 0.15) is 17.2 Å². The minimum Gasteiger partial charge on any atom is -0.294 e. The molecule has 1 atom stereocenters. The Bertz CT molecular complexity index is 825. The van der Waals surface area contributed by atoms with Crippen LogP contribution in [0.15, 0.2) is 60.7 Å². The van der Waals surface area contributed by atoms with Crippen molar-refractivity contribution in [2.75, 3.05) is 0 Å². The lowest BCUT2D eigenvalue weighted by Gasteiger charge is -2.14. The number of nitriles is 1. The number of para-hydroxylation sites is 1. The highest BCUT2D eigenvalue weighted by molar-refractivity contribution is 6.30. The van der Waals surface area contributed by atoms with Crippen LogP contribution < -0.4 is 5.32 Å². The van der Waals surface area contributed by atoms with Crippen molar-refractivity contribution in [3.05, 3.63) is 76.9 Å². The van der Waals surface area contributed by atoms with Crippen LogP contribution in [0, 0.1) is 11.3 Å². The van der Waals surface area contributed by atoms with Crippen molar-refractivity contribution >= 4 is 22.5 Å². The van der Waals surface area contributed by atoms with E-state index < -0.39 is 6.04 Å². The molecule has 0 aliphatic rings. The standard InChI is InChI=1S/C18H14ClN3/c19-18-15(10-14-8-4-5-9-16(14)22-18)17(11-20)21-12-13-6-2-1-3-7-13/h1-10,17,21H,12H2. The Hall–Kier alpha value is -2.41. The van der Waals surface area contributed by atoms with Crippen LogP contribution in [0.5, 0.6) is 0 Å². The highest BCUT2D eigenvalue weighted by Gasteiger charge is 2.15. The zero-order valence-corrected chi connectivity index (χ0v) is 12.6. The minimum atomic E-state index is -0.496. The van der Waals surface area contributed by atoms with Gasteiger partial charge >= 0.3 is 0 Å². The lowest BCUT2D eigenvalue weighted by Crippen LogP contribution is -2.20. The second-order valence-electron chi connectivity index (χ2n) is 4.99. The molecule has 0 saturated heterocycles. The first kappa shape index (κ1) is 14.5. The van der Waals surface area contributed by atoms with E-state index in [9.17, 15) is 5.26 Å². The number of nitrogens with zero attached hydrogens (tertiary/aromatic N) is 2. The summed E-state index contributed by atoms with van der Waals surface area (Å²) >= 11 is 6.26. The fourth-order valence-corrected chi connectivity index (χ4v) is 2.61. The molecule has 0 bridgehead atoms. The third-order valence-corrected chi connectivity index (χ3v) is 3.80. The Balaban J connectivity index is 1.87. The van der Waals surface area contributed by atoms with Crippen LogP contribution in [0.4, 0.5) is 0 Å². The van der Waals surface area contributed by atoms with E-state index >= 15 is 0 Å². The van der Waals surface area contributed by atoms with Gasteiger partial charge in [0.05, 0.1) is 11.6 Å². The quantitative estimate of drug-likeness (QED) is 0.733. The van der Waals surface area contributed by atoms with E-state index in [1.807, 2.05) is 60.7 Å². The topological polar surface area (TPSA) is 48.7 Å². The average molecular weight is 308 g/mol. The highest BCUT2D eigenvalue weighted by atomic mass is 35.5. The number of halogens is 1. The fraction of sp³-hybridized carbons (Fsp3) is 0.111. The first-order valence-electron chi connectivity index (χ1n) is 7.00. The number of hydrogen-bond donors (Lipinski definition) is 1.